The van der Waals surface area contributed by atoms with Crippen molar-refractivity contribution < 1.29 is 4.79 Å². The Kier molecular flexibility index (Phi) is 1.69. The number of carbonyl (C=O) groups is 1. The van der Waals surface area contributed by atoms with Crippen molar-refractivity contribution in [3.63, 3.8) is 0 Å². The van der Waals surface area contributed by atoms with Crippen LogP contribution in [0.3, 0.4) is 0 Å². The number of nitrogens with zero attached hydrogens (tertiary/aromatic N) is 1. The number of hydrogen-bond acceptors (Lipinski definition) is 2. The second-order valence-electron chi connectivity index (χ2n) is 4.99. The second-order valence-corrected chi connectivity index (χ2v) is 4.99. The molecule has 2 saturated carbocycles. The molecule has 0 spiro atoms. The summed E-state index contributed by atoms with van der Waals surface area (Å²) in [6.45, 7) is 2.22. The average molecular weight is 205 g/mol. The summed E-state index contributed by atoms with van der Waals surface area (Å²) in [6.07, 6.45) is 4.48. The lowest BCUT2D eigenvalue weighted by Gasteiger charge is -2.01. The first kappa shape index (κ1) is 8.95. The van der Waals surface area contributed by atoms with Crippen molar-refractivity contribution in [2.45, 2.75) is 38.0 Å². The fourth-order valence-electron chi connectivity index (χ4n) is 1.73. The highest BCUT2D eigenvalue weighted by Gasteiger charge is 2.41. The standard InChI is InChI=1S/C11H15N3O/c1-11(4-5-11)8-6-9(14-13-8)12-10(15)7-2-3-7/h6-7H,2-5H2,1H3,(H2,12,13,14,15). The molecule has 80 valence electrons. The number of aromatic amines is 1. The van der Waals surface area contributed by atoms with Crippen molar-refractivity contribution >= 4 is 11.7 Å². The van der Waals surface area contributed by atoms with Gasteiger partial charge in [0.15, 0.2) is 5.82 Å². The summed E-state index contributed by atoms with van der Waals surface area (Å²) >= 11 is 0. The van der Waals surface area contributed by atoms with Crippen LogP contribution in [0.15, 0.2) is 6.07 Å². The Labute approximate surface area is 88.4 Å². The highest BCUT2D eigenvalue weighted by Crippen LogP contribution is 2.47. The van der Waals surface area contributed by atoms with Gasteiger partial charge in [-0.05, 0) is 25.7 Å². The molecule has 1 aromatic rings. The van der Waals surface area contributed by atoms with Crippen molar-refractivity contribution in [1.82, 2.24) is 10.2 Å². The fourth-order valence-corrected chi connectivity index (χ4v) is 1.73. The second kappa shape index (κ2) is 2.84. The van der Waals surface area contributed by atoms with E-state index in [1.54, 1.807) is 0 Å². The fraction of sp³-hybridized carbons (Fsp3) is 0.636. The number of rotatable bonds is 3. The molecule has 0 unspecified atom stereocenters. The molecular weight excluding hydrogens is 190 g/mol. The highest BCUT2D eigenvalue weighted by atomic mass is 16.2. The van der Waals surface area contributed by atoms with Gasteiger partial charge in [0.05, 0.1) is 0 Å². The molecule has 1 aromatic heterocycles. The molecule has 0 radical (unpaired) electrons. The molecule has 4 heteroatoms. The van der Waals surface area contributed by atoms with Crippen LogP contribution in [0.5, 0.6) is 0 Å². The zero-order chi connectivity index (χ0) is 10.5. The number of nitrogens with one attached hydrogen (secondary N) is 2. The molecule has 0 saturated heterocycles. The van der Waals surface area contributed by atoms with E-state index in [9.17, 15) is 4.79 Å². The van der Waals surface area contributed by atoms with Crippen molar-refractivity contribution in [2.24, 2.45) is 5.92 Å². The molecule has 0 atom stereocenters. The zero-order valence-corrected chi connectivity index (χ0v) is 8.84. The van der Waals surface area contributed by atoms with Gasteiger partial charge in [-0.1, -0.05) is 6.92 Å². The van der Waals surface area contributed by atoms with Crippen LogP contribution in [0.25, 0.3) is 0 Å². The van der Waals surface area contributed by atoms with E-state index < -0.39 is 0 Å². The molecule has 1 heterocycles. The van der Waals surface area contributed by atoms with Gasteiger partial charge in [-0.25, -0.2) is 0 Å². The van der Waals surface area contributed by atoms with E-state index in [1.165, 1.54) is 12.8 Å². The number of amides is 1. The lowest BCUT2D eigenvalue weighted by atomic mass is 10.1. The first-order valence-electron chi connectivity index (χ1n) is 5.54. The van der Waals surface area contributed by atoms with Crippen LogP contribution in [0.4, 0.5) is 5.82 Å². The lowest BCUT2D eigenvalue weighted by Crippen LogP contribution is -2.13. The van der Waals surface area contributed by atoms with E-state index in [0.29, 0.717) is 5.82 Å². The number of anilines is 1. The summed E-state index contributed by atoms with van der Waals surface area (Å²) in [6, 6.07) is 1.97. The summed E-state index contributed by atoms with van der Waals surface area (Å²) in [5.74, 6) is 1.03. The zero-order valence-electron chi connectivity index (χ0n) is 8.84. The Morgan fingerprint density at radius 1 is 1.60 bits per heavy atom. The van der Waals surface area contributed by atoms with E-state index in [-0.39, 0.29) is 17.2 Å². The van der Waals surface area contributed by atoms with Crippen LogP contribution in [0.2, 0.25) is 0 Å². The number of aromatic nitrogens is 2. The third-order valence-corrected chi connectivity index (χ3v) is 3.43. The SMILES string of the molecule is CC1(c2cc(NC(=O)C3CC3)n[nH]2)CC1. The van der Waals surface area contributed by atoms with Gasteiger partial charge in [0.25, 0.3) is 0 Å². The molecule has 2 aliphatic carbocycles. The van der Waals surface area contributed by atoms with Crippen LogP contribution < -0.4 is 5.32 Å². The minimum absolute atomic E-state index is 0.119. The monoisotopic (exact) mass is 205 g/mol. The van der Waals surface area contributed by atoms with Crippen LogP contribution in [-0.4, -0.2) is 16.1 Å². The van der Waals surface area contributed by atoms with Crippen molar-refractivity contribution in [1.29, 1.82) is 0 Å². The van der Waals surface area contributed by atoms with Gasteiger partial charge >= 0.3 is 0 Å². The molecule has 0 aliphatic heterocycles. The Morgan fingerprint density at radius 3 is 2.93 bits per heavy atom. The summed E-state index contributed by atoms with van der Waals surface area (Å²) in [5.41, 5.74) is 1.43. The van der Waals surface area contributed by atoms with E-state index in [4.69, 9.17) is 0 Å². The number of hydrogen-bond donors (Lipinski definition) is 2. The smallest absolute Gasteiger partial charge is 0.228 e. The predicted molar refractivity (Wildman–Crippen MR) is 56.5 cm³/mol. The van der Waals surface area contributed by atoms with Crippen molar-refractivity contribution in [3.05, 3.63) is 11.8 Å². The lowest BCUT2D eigenvalue weighted by molar-refractivity contribution is -0.117. The normalized spacial score (nSPS) is 22.5. The predicted octanol–water partition coefficient (Wildman–Crippen LogP) is 1.81. The third-order valence-electron chi connectivity index (χ3n) is 3.43. The van der Waals surface area contributed by atoms with Crippen LogP contribution >= 0.6 is 0 Å². The first-order chi connectivity index (χ1) is 7.17. The maximum absolute atomic E-state index is 11.5. The summed E-state index contributed by atoms with van der Waals surface area (Å²) in [4.78, 5) is 11.5. The minimum atomic E-state index is 0.119. The Morgan fingerprint density at radius 2 is 2.33 bits per heavy atom. The van der Waals surface area contributed by atoms with Crippen LogP contribution in [0, 0.1) is 5.92 Å². The van der Waals surface area contributed by atoms with Crippen LogP contribution in [-0.2, 0) is 10.2 Å². The molecule has 1 amide bonds. The maximum atomic E-state index is 11.5. The Hall–Kier alpha value is -1.32. The molecule has 4 nitrogen and oxygen atoms in total. The number of H-pyrrole nitrogens is 1. The van der Waals surface area contributed by atoms with Crippen LogP contribution in [0.1, 0.15) is 38.3 Å². The van der Waals surface area contributed by atoms with E-state index in [1.807, 2.05) is 6.07 Å². The highest BCUT2D eigenvalue weighted by molar-refractivity contribution is 5.93. The van der Waals surface area contributed by atoms with Crippen molar-refractivity contribution in [3.8, 4) is 0 Å². The molecule has 0 aromatic carbocycles. The van der Waals surface area contributed by atoms with Gasteiger partial charge in [0.1, 0.15) is 0 Å². The first-order valence-corrected chi connectivity index (χ1v) is 5.54. The molecule has 2 aliphatic rings. The van der Waals surface area contributed by atoms with Gasteiger partial charge in [0.2, 0.25) is 5.91 Å². The molecule has 2 N–H and O–H groups in total. The Bertz CT molecular complexity index is 402. The van der Waals surface area contributed by atoms with E-state index in [0.717, 1.165) is 18.5 Å². The third kappa shape index (κ3) is 1.64. The number of carbonyl (C=O) groups excluding carboxylic acids is 1. The Balaban J connectivity index is 1.70. The van der Waals surface area contributed by atoms with E-state index >= 15 is 0 Å². The maximum Gasteiger partial charge on any atom is 0.228 e. The summed E-state index contributed by atoms with van der Waals surface area (Å²) in [7, 11) is 0. The molecule has 0 bridgehead atoms. The van der Waals surface area contributed by atoms with Crippen molar-refractivity contribution in [2.75, 3.05) is 5.32 Å². The van der Waals surface area contributed by atoms with Gasteiger partial charge < -0.3 is 5.32 Å². The van der Waals surface area contributed by atoms with E-state index in [2.05, 4.69) is 22.4 Å². The topological polar surface area (TPSA) is 57.8 Å². The molecule has 15 heavy (non-hydrogen) atoms. The van der Waals surface area contributed by atoms with Gasteiger partial charge in [0, 0.05) is 23.1 Å². The summed E-state index contributed by atoms with van der Waals surface area (Å²) < 4.78 is 0. The molecule has 3 rings (SSSR count). The van der Waals surface area contributed by atoms with Gasteiger partial charge in [-0.3, -0.25) is 9.89 Å². The largest absolute Gasteiger partial charge is 0.309 e. The average Bonchev–Trinajstić information content (AvgIpc) is 3.10. The van der Waals surface area contributed by atoms with Gasteiger partial charge in [-0.15, -0.1) is 0 Å². The molecule has 2 fully saturated rings. The quantitative estimate of drug-likeness (QED) is 0.790. The minimum Gasteiger partial charge on any atom is -0.309 e. The van der Waals surface area contributed by atoms with Gasteiger partial charge in [-0.2, -0.15) is 5.10 Å². The molecular formula is C11H15N3O. The summed E-state index contributed by atoms with van der Waals surface area (Å²) in [5, 5.41) is 9.97.